The van der Waals surface area contributed by atoms with Crippen LogP contribution in [0.1, 0.15) is 5.56 Å². The van der Waals surface area contributed by atoms with Gasteiger partial charge in [-0.05, 0) is 35.9 Å². The third-order valence-electron chi connectivity index (χ3n) is 3.35. The predicted octanol–water partition coefficient (Wildman–Crippen LogP) is 5.38. The largest absolute Gasteiger partial charge is 0.489 e. The van der Waals surface area contributed by atoms with E-state index in [9.17, 15) is 10.1 Å². The zero-order chi connectivity index (χ0) is 16.4. The van der Waals surface area contributed by atoms with Crippen LogP contribution in [0.25, 0.3) is 5.03 Å². The van der Waals surface area contributed by atoms with E-state index >= 15 is 0 Å². The van der Waals surface area contributed by atoms with Crippen LogP contribution in [0.3, 0.4) is 0 Å². The van der Waals surface area contributed by atoms with Crippen molar-refractivity contribution in [2.75, 3.05) is 12.4 Å². The predicted molar refractivity (Wildman–Crippen MR) is 93.5 cm³/mol. The lowest BCUT2D eigenvalue weighted by molar-refractivity contribution is -0.384. The van der Waals surface area contributed by atoms with Crippen LogP contribution in [-0.2, 0) is 0 Å². The molecule has 0 spiro atoms. The summed E-state index contributed by atoms with van der Waals surface area (Å²) in [7, 11) is 0. The fourth-order valence-corrected chi connectivity index (χ4v) is 3.78. The first kappa shape index (κ1) is 16.2. The summed E-state index contributed by atoms with van der Waals surface area (Å²) in [6.07, 6.45) is 0. The number of fused-ring (bicyclic) bond motifs is 1. The molecule has 0 radical (unpaired) electrons. The molecule has 0 saturated heterocycles. The normalized spacial score (nSPS) is 13.7. The Hall–Kier alpha value is -1.69. The number of ether oxygens (including phenoxy) is 1. The summed E-state index contributed by atoms with van der Waals surface area (Å²) >= 11 is 14.2. The molecule has 0 unspecified atom stereocenters. The minimum absolute atomic E-state index is 0.0337. The monoisotopic (exact) mass is 367 g/mol. The van der Waals surface area contributed by atoms with E-state index in [4.69, 9.17) is 27.9 Å². The van der Waals surface area contributed by atoms with E-state index in [1.807, 2.05) is 18.2 Å². The lowest BCUT2D eigenvalue weighted by Crippen LogP contribution is -2.08. The molecule has 2 aromatic rings. The van der Waals surface area contributed by atoms with E-state index in [1.54, 1.807) is 23.9 Å². The summed E-state index contributed by atoms with van der Waals surface area (Å²) in [4.78, 5) is 11.3. The number of hydrogen-bond acceptors (Lipinski definition) is 4. The first-order chi connectivity index (χ1) is 11.0. The molecule has 0 atom stereocenters. The van der Waals surface area contributed by atoms with Gasteiger partial charge in [0.2, 0.25) is 0 Å². The van der Waals surface area contributed by atoms with Crippen LogP contribution in [-0.4, -0.2) is 17.3 Å². The number of benzene rings is 2. The molecule has 0 bridgehead atoms. The second kappa shape index (κ2) is 6.83. The Morgan fingerprint density at radius 3 is 2.61 bits per heavy atom. The molecule has 0 N–H and O–H groups in total. The van der Waals surface area contributed by atoms with Crippen LogP contribution in [0.4, 0.5) is 5.69 Å². The lowest BCUT2D eigenvalue weighted by atomic mass is 10.1. The zero-order valence-electron chi connectivity index (χ0n) is 11.8. The minimum atomic E-state index is -0.443. The average Bonchev–Trinajstić information content (AvgIpc) is 2.55. The second-order valence-corrected chi connectivity index (χ2v) is 6.72. The lowest BCUT2D eigenvalue weighted by Gasteiger charge is -2.20. The maximum Gasteiger partial charge on any atom is 0.269 e. The maximum atomic E-state index is 10.6. The number of non-ortho nitro benzene ring substituents is 1. The van der Waals surface area contributed by atoms with Crippen molar-refractivity contribution >= 4 is 45.7 Å². The van der Waals surface area contributed by atoms with Crippen LogP contribution < -0.4 is 4.74 Å². The van der Waals surface area contributed by atoms with E-state index in [0.29, 0.717) is 22.4 Å². The first-order valence-electron chi connectivity index (χ1n) is 6.72. The number of nitrogens with zero attached hydrogens (tertiary/aromatic N) is 1. The standard InChI is InChI=1S/C16H11Cl2NO3S/c17-11-1-6-15-14(7-11)16(18)10(9-23-15)8-22-13-4-2-12(3-5-13)19(20)21/h1-7H,8-9H2. The molecule has 2 aromatic carbocycles. The Labute approximate surface area is 147 Å². The van der Waals surface area contributed by atoms with Crippen molar-refractivity contribution in [2.45, 2.75) is 4.90 Å². The number of halogens is 2. The molecular formula is C16H11Cl2NO3S. The number of nitro groups is 1. The molecule has 1 aliphatic rings. The highest BCUT2D eigenvalue weighted by Gasteiger charge is 2.19. The summed E-state index contributed by atoms with van der Waals surface area (Å²) < 4.78 is 5.68. The van der Waals surface area contributed by atoms with Gasteiger partial charge in [0.25, 0.3) is 5.69 Å². The Bertz CT molecular complexity index is 790. The molecule has 1 heterocycles. The van der Waals surface area contributed by atoms with Gasteiger partial charge in [-0.3, -0.25) is 10.1 Å². The summed E-state index contributed by atoms with van der Waals surface area (Å²) in [6.45, 7) is 0.329. The van der Waals surface area contributed by atoms with E-state index in [-0.39, 0.29) is 5.69 Å². The van der Waals surface area contributed by atoms with E-state index < -0.39 is 4.92 Å². The summed E-state index contributed by atoms with van der Waals surface area (Å²) in [5.41, 5.74) is 1.91. The highest BCUT2D eigenvalue weighted by Crippen LogP contribution is 2.40. The molecule has 23 heavy (non-hydrogen) atoms. The SMILES string of the molecule is O=[N+]([O-])c1ccc(OCC2=C(Cl)c3cc(Cl)ccc3SC2)cc1. The van der Waals surface area contributed by atoms with Crippen molar-refractivity contribution in [1.82, 2.24) is 0 Å². The van der Waals surface area contributed by atoms with Crippen molar-refractivity contribution in [3.05, 3.63) is 68.7 Å². The van der Waals surface area contributed by atoms with Gasteiger partial charge in [-0.1, -0.05) is 23.2 Å². The number of thioether (sulfide) groups is 1. The van der Waals surface area contributed by atoms with Crippen molar-refractivity contribution in [1.29, 1.82) is 0 Å². The number of hydrogen-bond donors (Lipinski definition) is 0. The fourth-order valence-electron chi connectivity index (χ4n) is 2.16. The molecular weight excluding hydrogens is 357 g/mol. The molecule has 0 amide bonds. The van der Waals surface area contributed by atoms with E-state index in [0.717, 1.165) is 21.8 Å². The Kier molecular flexibility index (Phi) is 4.80. The number of nitro benzene ring substituents is 1. The Morgan fingerprint density at radius 1 is 1.17 bits per heavy atom. The third-order valence-corrected chi connectivity index (χ3v) is 5.22. The van der Waals surface area contributed by atoms with Gasteiger partial charge in [0.05, 0.1) is 9.96 Å². The van der Waals surface area contributed by atoms with Crippen LogP contribution in [0.15, 0.2) is 52.9 Å². The fraction of sp³-hybridized carbons (Fsp3) is 0.125. The maximum absolute atomic E-state index is 10.6. The van der Waals surface area contributed by atoms with Crippen LogP contribution in [0, 0.1) is 10.1 Å². The van der Waals surface area contributed by atoms with Gasteiger partial charge in [0, 0.05) is 33.4 Å². The zero-order valence-corrected chi connectivity index (χ0v) is 14.1. The summed E-state index contributed by atoms with van der Waals surface area (Å²) in [5.74, 6) is 1.30. The molecule has 1 aliphatic heterocycles. The van der Waals surface area contributed by atoms with Crippen molar-refractivity contribution < 1.29 is 9.66 Å². The van der Waals surface area contributed by atoms with Gasteiger partial charge in [-0.25, -0.2) is 0 Å². The van der Waals surface area contributed by atoms with E-state index in [2.05, 4.69) is 0 Å². The minimum Gasteiger partial charge on any atom is -0.489 e. The van der Waals surface area contributed by atoms with E-state index in [1.165, 1.54) is 12.1 Å². The van der Waals surface area contributed by atoms with Crippen molar-refractivity contribution in [3.8, 4) is 5.75 Å². The molecule has 0 saturated carbocycles. The first-order valence-corrected chi connectivity index (χ1v) is 8.46. The molecule has 3 rings (SSSR count). The molecule has 4 nitrogen and oxygen atoms in total. The Morgan fingerprint density at radius 2 is 1.91 bits per heavy atom. The molecule has 7 heteroatoms. The van der Waals surface area contributed by atoms with Crippen LogP contribution in [0.5, 0.6) is 5.75 Å². The van der Waals surface area contributed by atoms with Gasteiger partial charge < -0.3 is 4.74 Å². The molecule has 118 valence electrons. The van der Waals surface area contributed by atoms with Gasteiger partial charge in [0.15, 0.2) is 0 Å². The number of rotatable bonds is 4. The molecule has 0 fully saturated rings. The Balaban J connectivity index is 1.75. The van der Waals surface area contributed by atoms with Gasteiger partial charge in [-0.15, -0.1) is 11.8 Å². The molecule has 0 aliphatic carbocycles. The van der Waals surface area contributed by atoms with Crippen LogP contribution in [0.2, 0.25) is 5.02 Å². The summed E-state index contributed by atoms with van der Waals surface area (Å²) in [6, 6.07) is 11.6. The quantitative estimate of drug-likeness (QED) is 0.537. The molecule has 0 aromatic heterocycles. The summed E-state index contributed by atoms with van der Waals surface area (Å²) in [5, 5.41) is 11.9. The van der Waals surface area contributed by atoms with Crippen molar-refractivity contribution in [3.63, 3.8) is 0 Å². The second-order valence-electron chi connectivity index (χ2n) is 4.89. The third kappa shape index (κ3) is 3.63. The smallest absolute Gasteiger partial charge is 0.269 e. The van der Waals surface area contributed by atoms with Crippen molar-refractivity contribution in [2.24, 2.45) is 0 Å². The highest BCUT2D eigenvalue weighted by atomic mass is 35.5. The van der Waals surface area contributed by atoms with Gasteiger partial charge >= 0.3 is 0 Å². The van der Waals surface area contributed by atoms with Gasteiger partial charge in [0.1, 0.15) is 12.4 Å². The van der Waals surface area contributed by atoms with Crippen LogP contribution >= 0.6 is 35.0 Å². The topological polar surface area (TPSA) is 52.4 Å². The average molecular weight is 368 g/mol. The highest BCUT2D eigenvalue weighted by molar-refractivity contribution is 7.99. The van der Waals surface area contributed by atoms with Gasteiger partial charge in [-0.2, -0.15) is 0 Å².